The monoisotopic (exact) mass is 409 g/mol. The number of rotatable bonds is 7. The van der Waals surface area contributed by atoms with Gasteiger partial charge in [-0.25, -0.2) is 4.79 Å². The molecule has 0 aliphatic rings. The Hall–Kier alpha value is -3.12. The first kappa shape index (κ1) is 21.6. The smallest absolute Gasteiger partial charge is 0.336 e. The summed E-state index contributed by atoms with van der Waals surface area (Å²) in [5.74, 6) is 0.308. The Morgan fingerprint density at radius 3 is 2.50 bits per heavy atom. The van der Waals surface area contributed by atoms with Gasteiger partial charge in [-0.15, -0.1) is 0 Å². The highest BCUT2D eigenvalue weighted by atomic mass is 16.6. The van der Waals surface area contributed by atoms with Crippen LogP contribution in [-0.2, 0) is 22.7 Å². The number of fused-ring (bicyclic) bond motifs is 1. The van der Waals surface area contributed by atoms with Crippen molar-refractivity contribution in [3.8, 4) is 5.75 Å². The molecule has 3 rings (SSSR count). The number of hydrogen-bond acceptors (Lipinski definition) is 6. The van der Waals surface area contributed by atoms with E-state index < -0.39 is 11.2 Å². The van der Waals surface area contributed by atoms with Gasteiger partial charge >= 0.3 is 11.6 Å². The summed E-state index contributed by atoms with van der Waals surface area (Å²) in [5, 5.41) is 0.803. The van der Waals surface area contributed by atoms with E-state index in [-0.39, 0.29) is 12.5 Å². The third-order valence-electron chi connectivity index (χ3n) is 4.31. The molecule has 3 aromatic rings. The first-order valence-corrected chi connectivity index (χ1v) is 9.83. The van der Waals surface area contributed by atoms with E-state index in [1.165, 1.54) is 6.07 Å². The fraction of sp³-hybridized carbons (Fsp3) is 0.333. The van der Waals surface area contributed by atoms with Crippen molar-refractivity contribution in [2.24, 2.45) is 0 Å². The van der Waals surface area contributed by atoms with E-state index in [9.17, 15) is 9.59 Å². The molecule has 0 aliphatic heterocycles. The molecule has 0 fully saturated rings. The number of likely N-dealkylation sites (N-methyl/N-ethyl adjacent to an activating group) is 1. The Labute approximate surface area is 176 Å². The summed E-state index contributed by atoms with van der Waals surface area (Å²) in [6.45, 7) is 6.45. The predicted molar refractivity (Wildman–Crippen MR) is 115 cm³/mol. The zero-order chi connectivity index (χ0) is 21.7. The second-order valence-corrected chi connectivity index (χ2v) is 8.28. The van der Waals surface area contributed by atoms with Crippen LogP contribution in [-0.4, -0.2) is 30.1 Å². The van der Waals surface area contributed by atoms with Crippen molar-refractivity contribution in [1.82, 2.24) is 4.90 Å². The van der Waals surface area contributed by atoms with Crippen LogP contribution in [0.4, 0.5) is 0 Å². The van der Waals surface area contributed by atoms with E-state index in [1.54, 1.807) is 6.07 Å². The van der Waals surface area contributed by atoms with Crippen molar-refractivity contribution in [3.63, 3.8) is 0 Å². The van der Waals surface area contributed by atoms with Gasteiger partial charge in [0.25, 0.3) is 0 Å². The first-order chi connectivity index (χ1) is 14.2. The third-order valence-corrected chi connectivity index (χ3v) is 4.31. The predicted octanol–water partition coefficient (Wildman–Crippen LogP) is 4.15. The van der Waals surface area contributed by atoms with Crippen LogP contribution in [0.1, 0.15) is 31.9 Å². The number of hydrogen-bond donors (Lipinski definition) is 0. The number of nitrogens with zero attached hydrogens (tertiary/aromatic N) is 1. The van der Waals surface area contributed by atoms with Crippen molar-refractivity contribution in [3.05, 3.63) is 76.1 Å². The van der Waals surface area contributed by atoms with Gasteiger partial charge in [-0.1, -0.05) is 30.3 Å². The molecule has 0 spiro atoms. The van der Waals surface area contributed by atoms with Gasteiger partial charge in [0.1, 0.15) is 23.5 Å². The molecular weight excluding hydrogens is 382 g/mol. The van der Waals surface area contributed by atoms with E-state index in [4.69, 9.17) is 13.9 Å². The Morgan fingerprint density at radius 1 is 1.07 bits per heavy atom. The highest BCUT2D eigenvalue weighted by molar-refractivity contribution is 5.81. The largest absolute Gasteiger partial charge is 0.489 e. The lowest BCUT2D eigenvalue weighted by atomic mass is 10.1. The number of benzene rings is 2. The van der Waals surface area contributed by atoms with Gasteiger partial charge < -0.3 is 13.9 Å². The topological polar surface area (TPSA) is 69.0 Å². The molecular formula is C24H27NO5. The van der Waals surface area contributed by atoms with Gasteiger partial charge in [0, 0.05) is 24.1 Å². The van der Waals surface area contributed by atoms with Crippen molar-refractivity contribution in [2.75, 3.05) is 13.6 Å². The summed E-state index contributed by atoms with van der Waals surface area (Å²) in [5.41, 5.74) is 1.31. The fourth-order valence-corrected chi connectivity index (χ4v) is 3.11. The fourth-order valence-electron chi connectivity index (χ4n) is 3.11. The normalized spacial score (nSPS) is 11.6. The Bertz CT molecular complexity index is 1070. The maximum atomic E-state index is 12.1. The van der Waals surface area contributed by atoms with E-state index >= 15 is 0 Å². The second-order valence-electron chi connectivity index (χ2n) is 8.28. The molecule has 0 N–H and O–H groups in total. The van der Waals surface area contributed by atoms with Crippen LogP contribution in [0, 0.1) is 0 Å². The number of carbonyl (C=O) groups excluding carboxylic acids is 1. The molecule has 158 valence electrons. The minimum absolute atomic E-state index is 0.122. The quantitative estimate of drug-likeness (QED) is 0.431. The molecule has 6 heteroatoms. The minimum Gasteiger partial charge on any atom is -0.489 e. The molecule has 0 radical (unpaired) electrons. The van der Waals surface area contributed by atoms with Crippen LogP contribution in [0.15, 0.2) is 63.8 Å². The van der Waals surface area contributed by atoms with Crippen molar-refractivity contribution < 1.29 is 18.7 Å². The van der Waals surface area contributed by atoms with Crippen LogP contribution in [0.2, 0.25) is 0 Å². The summed E-state index contributed by atoms with van der Waals surface area (Å²) < 4.78 is 16.6. The van der Waals surface area contributed by atoms with Gasteiger partial charge in [0.15, 0.2) is 0 Å². The average Bonchev–Trinajstić information content (AvgIpc) is 2.65. The SMILES string of the molecule is CN(CC(=O)OC(C)(C)C)Cc1cc(=O)oc2cc(OCc3ccccc3)ccc12. The lowest BCUT2D eigenvalue weighted by Crippen LogP contribution is -2.32. The lowest BCUT2D eigenvalue weighted by Gasteiger charge is -2.22. The molecule has 0 amide bonds. The molecule has 0 saturated heterocycles. The van der Waals surface area contributed by atoms with Crippen LogP contribution in [0.3, 0.4) is 0 Å². The molecule has 2 aromatic carbocycles. The minimum atomic E-state index is -0.533. The van der Waals surface area contributed by atoms with Crippen molar-refractivity contribution in [2.45, 2.75) is 39.5 Å². The standard InChI is InChI=1S/C24H27NO5/c1-24(2,3)30-23(27)15-25(4)14-18-12-22(26)29-21-13-19(10-11-20(18)21)28-16-17-8-6-5-7-9-17/h5-13H,14-16H2,1-4H3. The molecule has 0 bridgehead atoms. The molecule has 30 heavy (non-hydrogen) atoms. The molecule has 1 aromatic heterocycles. The highest BCUT2D eigenvalue weighted by Gasteiger charge is 2.18. The van der Waals surface area contributed by atoms with Gasteiger partial charge in [-0.2, -0.15) is 0 Å². The van der Waals surface area contributed by atoms with Crippen LogP contribution in [0.5, 0.6) is 5.75 Å². The van der Waals surface area contributed by atoms with Crippen LogP contribution >= 0.6 is 0 Å². The molecule has 1 heterocycles. The number of ether oxygens (including phenoxy) is 2. The Morgan fingerprint density at radius 2 is 1.80 bits per heavy atom. The number of esters is 1. The Kier molecular flexibility index (Phi) is 6.57. The summed E-state index contributed by atoms with van der Waals surface area (Å²) in [4.78, 5) is 25.9. The van der Waals surface area contributed by atoms with Gasteiger partial charge in [0.05, 0.1) is 6.54 Å². The van der Waals surface area contributed by atoms with Gasteiger partial charge in [-0.05, 0) is 51.1 Å². The molecule has 0 atom stereocenters. The van der Waals surface area contributed by atoms with Crippen LogP contribution in [0.25, 0.3) is 11.0 Å². The Balaban J connectivity index is 1.74. The van der Waals surface area contributed by atoms with E-state index in [1.807, 2.05) is 75.2 Å². The van der Waals surface area contributed by atoms with E-state index in [2.05, 4.69) is 0 Å². The zero-order valence-corrected chi connectivity index (χ0v) is 17.8. The summed E-state index contributed by atoms with van der Waals surface area (Å²) in [6, 6.07) is 16.7. The van der Waals surface area contributed by atoms with Crippen LogP contribution < -0.4 is 10.4 Å². The summed E-state index contributed by atoms with van der Waals surface area (Å²) in [7, 11) is 1.81. The summed E-state index contributed by atoms with van der Waals surface area (Å²) >= 11 is 0. The lowest BCUT2D eigenvalue weighted by molar-refractivity contribution is -0.155. The first-order valence-electron chi connectivity index (χ1n) is 9.83. The third kappa shape index (κ3) is 6.19. The van der Waals surface area contributed by atoms with E-state index in [0.29, 0.717) is 24.5 Å². The van der Waals surface area contributed by atoms with Crippen molar-refractivity contribution >= 4 is 16.9 Å². The highest BCUT2D eigenvalue weighted by Crippen LogP contribution is 2.24. The summed E-state index contributed by atoms with van der Waals surface area (Å²) in [6.07, 6.45) is 0. The maximum Gasteiger partial charge on any atom is 0.336 e. The molecule has 0 unspecified atom stereocenters. The molecule has 0 saturated carbocycles. The molecule has 0 aliphatic carbocycles. The van der Waals surface area contributed by atoms with Gasteiger partial charge in [0.2, 0.25) is 0 Å². The maximum absolute atomic E-state index is 12.1. The number of carbonyl (C=O) groups is 1. The molecule has 6 nitrogen and oxygen atoms in total. The van der Waals surface area contributed by atoms with Crippen molar-refractivity contribution in [1.29, 1.82) is 0 Å². The average molecular weight is 409 g/mol. The van der Waals surface area contributed by atoms with Gasteiger partial charge in [-0.3, -0.25) is 9.69 Å². The van der Waals surface area contributed by atoms with E-state index in [0.717, 1.165) is 16.5 Å². The zero-order valence-electron chi connectivity index (χ0n) is 17.8. The second kappa shape index (κ2) is 9.13.